The molecule has 2 aromatic carbocycles. The third-order valence-electron chi connectivity index (χ3n) is 3.08. The fourth-order valence-corrected chi connectivity index (χ4v) is 2.79. The van der Waals surface area contributed by atoms with Crippen LogP contribution in [0.3, 0.4) is 0 Å². The summed E-state index contributed by atoms with van der Waals surface area (Å²) >= 11 is 1.35. The van der Waals surface area contributed by atoms with Gasteiger partial charge < -0.3 is 0 Å². The van der Waals surface area contributed by atoms with Gasteiger partial charge in [0.05, 0.1) is 16.6 Å². The van der Waals surface area contributed by atoms with Crippen molar-refractivity contribution in [3.8, 4) is 22.4 Å². The van der Waals surface area contributed by atoms with Crippen LogP contribution in [0.4, 0.5) is 13.2 Å². The van der Waals surface area contributed by atoms with Crippen LogP contribution in [0.5, 0.6) is 0 Å². The van der Waals surface area contributed by atoms with Crippen LogP contribution in [-0.2, 0) is 6.18 Å². The molecule has 0 atom stereocenters. The van der Waals surface area contributed by atoms with Gasteiger partial charge in [-0.05, 0) is 18.1 Å². The first kappa shape index (κ1) is 15.3. The molecular formula is C18H10F3NS. The highest BCUT2D eigenvalue weighted by Crippen LogP contribution is 2.31. The minimum absolute atomic E-state index is 0.0327. The number of nitrogens with zero attached hydrogens (tertiary/aromatic N) is 1. The van der Waals surface area contributed by atoms with E-state index in [-0.39, 0.29) is 5.56 Å². The Morgan fingerprint density at radius 2 is 1.57 bits per heavy atom. The molecule has 23 heavy (non-hydrogen) atoms. The highest BCUT2D eigenvalue weighted by Gasteiger charge is 2.32. The highest BCUT2D eigenvalue weighted by atomic mass is 32.1. The standard InChI is InChI=1S/C18H10F3NS/c19-18(20,21)16-9-5-4-6-13(16)10-11-15-12-22-17(23-15)14-7-2-1-3-8-14/h1-9,12H. The quantitative estimate of drug-likeness (QED) is 0.557. The van der Waals surface area contributed by atoms with Gasteiger partial charge in [0.1, 0.15) is 5.01 Å². The monoisotopic (exact) mass is 329 g/mol. The number of hydrogen-bond acceptors (Lipinski definition) is 2. The minimum atomic E-state index is -4.41. The molecule has 114 valence electrons. The lowest BCUT2D eigenvalue weighted by molar-refractivity contribution is -0.137. The molecule has 0 aliphatic carbocycles. The van der Waals surface area contributed by atoms with E-state index in [2.05, 4.69) is 16.8 Å². The summed E-state index contributed by atoms with van der Waals surface area (Å²) in [7, 11) is 0. The highest BCUT2D eigenvalue weighted by molar-refractivity contribution is 7.15. The van der Waals surface area contributed by atoms with E-state index >= 15 is 0 Å². The van der Waals surface area contributed by atoms with Crippen LogP contribution in [0.15, 0.2) is 60.8 Å². The van der Waals surface area contributed by atoms with Crippen molar-refractivity contribution < 1.29 is 13.2 Å². The van der Waals surface area contributed by atoms with E-state index < -0.39 is 11.7 Å². The van der Waals surface area contributed by atoms with Gasteiger partial charge >= 0.3 is 6.18 Å². The Labute approximate surface area is 135 Å². The molecule has 0 bridgehead atoms. The van der Waals surface area contributed by atoms with Crippen molar-refractivity contribution >= 4 is 11.3 Å². The van der Waals surface area contributed by atoms with Crippen LogP contribution in [0.2, 0.25) is 0 Å². The summed E-state index contributed by atoms with van der Waals surface area (Å²) in [6.07, 6.45) is -2.83. The molecule has 3 rings (SSSR count). The molecule has 0 aliphatic rings. The lowest BCUT2D eigenvalue weighted by atomic mass is 10.1. The fraction of sp³-hybridized carbons (Fsp3) is 0.0556. The zero-order valence-corrected chi connectivity index (χ0v) is 12.6. The molecule has 5 heteroatoms. The Morgan fingerprint density at radius 1 is 0.870 bits per heavy atom. The maximum absolute atomic E-state index is 12.9. The van der Waals surface area contributed by atoms with E-state index in [0.29, 0.717) is 4.88 Å². The Hall–Kier alpha value is -2.58. The SMILES string of the molecule is FC(F)(F)c1ccccc1C#Cc1cnc(-c2ccccc2)s1. The summed E-state index contributed by atoms with van der Waals surface area (Å²) in [5.41, 5.74) is 0.205. The molecule has 0 N–H and O–H groups in total. The first-order valence-electron chi connectivity index (χ1n) is 6.73. The zero-order valence-electron chi connectivity index (χ0n) is 11.8. The Kier molecular flexibility index (Phi) is 4.18. The van der Waals surface area contributed by atoms with Crippen LogP contribution in [0.25, 0.3) is 10.6 Å². The molecule has 1 heterocycles. The minimum Gasteiger partial charge on any atom is -0.243 e. The van der Waals surface area contributed by atoms with Gasteiger partial charge in [-0.25, -0.2) is 4.98 Å². The first-order chi connectivity index (χ1) is 11.0. The summed E-state index contributed by atoms with van der Waals surface area (Å²) in [5.74, 6) is 5.37. The van der Waals surface area contributed by atoms with E-state index in [4.69, 9.17) is 0 Å². The molecule has 0 radical (unpaired) electrons. The van der Waals surface area contributed by atoms with Gasteiger partial charge in [-0.2, -0.15) is 13.2 Å². The van der Waals surface area contributed by atoms with Gasteiger partial charge in [-0.15, -0.1) is 11.3 Å². The summed E-state index contributed by atoms with van der Waals surface area (Å²) in [4.78, 5) is 4.89. The van der Waals surface area contributed by atoms with Crippen LogP contribution < -0.4 is 0 Å². The van der Waals surface area contributed by atoms with Gasteiger partial charge in [0.25, 0.3) is 0 Å². The number of aromatic nitrogens is 1. The molecule has 0 amide bonds. The number of thiazole rings is 1. The zero-order chi connectivity index (χ0) is 16.3. The fourth-order valence-electron chi connectivity index (χ4n) is 2.01. The molecule has 1 nitrogen and oxygen atoms in total. The topological polar surface area (TPSA) is 12.9 Å². The van der Waals surface area contributed by atoms with Crippen LogP contribution in [0, 0.1) is 11.8 Å². The predicted octanol–water partition coefficient (Wildman–Crippen LogP) is 5.23. The Balaban J connectivity index is 1.91. The average molecular weight is 329 g/mol. The normalized spacial score (nSPS) is 10.9. The summed E-state index contributed by atoms with van der Waals surface area (Å²) in [5, 5.41) is 0.791. The third-order valence-corrected chi connectivity index (χ3v) is 4.04. The van der Waals surface area contributed by atoms with Gasteiger partial charge in [0, 0.05) is 11.1 Å². The number of alkyl halides is 3. The second kappa shape index (κ2) is 6.27. The van der Waals surface area contributed by atoms with E-state index in [1.54, 1.807) is 12.3 Å². The smallest absolute Gasteiger partial charge is 0.243 e. The van der Waals surface area contributed by atoms with E-state index in [1.807, 2.05) is 30.3 Å². The van der Waals surface area contributed by atoms with Crippen molar-refractivity contribution in [1.29, 1.82) is 0 Å². The third kappa shape index (κ3) is 3.61. The molecule has 0 saturated carbocycles. The molecule has 0 spiro atoms. The maximum atomic E-state index is 12.9. The molecular weight excluding hydrogens is 319 g/mol. The summed E-state index contributed by atoms with van der Waals surface area (Å²) < 4.78 is 38.8. The Bertz CT molecular complexity index is 870. The van der Waals surface area contributed by atoms with Crippen LogP contribution >= 0.6 is 11.3 Å². The molecule has 3 aromatic rings. The van der Waals surface area contributed by atoms with E-state index in [1.165, 1.54) is 23.5 Å². The second-order valence-corrected chi connectivity index (χ2v) is 5.72. The number of hydrogen-bond donors (Lipinski definition) is 0. The van der Waals surface area contributed by atoms with Gasteiger partial charge in [0.15, 0.2) is 0 Å². The number of halogens is 3. The van der Waals surface area contributed by atoms with Crippen LogP contribution in [-0.4, -0.2) is 4.98 Å². The van der Waals surface area contributed by atoms with E-state index in [9.17, 15) is 13.2 Å². The predicted molar refractivity (Wildman–Crippen MR) is 85.0 cm³/mol. The lowest BCUT2D eigenvalue weighted by Crippen LogP contribution is -2.07. The molecule has 0 unspecified atom stereocenters. The second-order valence-electron chi connectivity index (χ2n) is 4.69. The summed E-state index contributed by atoms with van der Waals surface area (Å²) in [6, 6.07) is 14.9. The molecule has 0 fully saturated rings. The van der Waals surface area contributed by atoms with Crippen molar-refractivity contribution in [2.75, 3.05) is 0 Å². The van der Waals surface area contributed by atoms with Crippen molar-refractivity contribution in [3.05, 3.63) is 76.8 Å². The summed E-state index contributed by atoms with van der Waals surface area (Å²) in [6.45, 7) is 0. The maximum Gasteiger partial charge on any atom is 0.417 e. The van der Waals surface area contributed by atoms with Gasteiger partial charge in [-0.1, -0.05) is 48.4 Å². The molecule has 1 aromatic heterocycles. The first-order valence-corrected chi connectivity index (χ1v) is 7.55. The molecule has 0 aliphatic heterocycles. The molecule has 0 saturated heterocycles. The van der Waals surface area contributed by atoms with Crippen LogP contribution in [0.1, 0.15) is 16.0 Å². The van der Waals surface area contributed by atoms with Crippen molar-refractivity contribution in [2.24, 2.45) is 0 Å². The lowest BCUT2D eigenvalue weighted by Gasteiger charge is -2.07. The van der Waals surface area contributed by atoms with Crippen molar-refractivity contribution in [2.45, 2.75) is 6.18 Å². The Morgan fingerprint density at radius 3 is 2.30 bits per heavy atom. The van der Waals surface area contributed by atoms with Gasteiger partial charge in [-0.3, -0.25) is 0 Å². The largest absolute Gasteiger partial charge is 0.417 e. The average Bonchev–Trinajstić information content (AvgIpc) is 3.02. The van der Waals surface area contributed by atoms with Gasteiger partial charge in [0.2, 0.25) is 0 Å². The number of benzene rings is 2. The van der Waals surface area contributed by atoms with E-state index in [0.717, 1.165) is 16.6 Å². The van der Waals surface area contributed by atoms with Crippen molar-refractivity contribution in [1.82, 2.24) is 4.98 Å². The number of rotatable bonds is 1. The van der Waals surface area contributed by atoms with Crippen molar-refractivity contribution in [3.63, 3.8) is 0 Å².